The van der Waals surface area contributed by atoms with Gasteiger partial charge < -0.3 is 14.0 Å². The number of halogens is 2. The van der Waals surface area contributed by atoms with Gasteiger partial charge >= 0.3 is 16.4 Å². The van der Waals surface area contributed by atoms with E-state index in [1.807, 2.05) is 45.2 Å². The fraction of sp³-hybridized carbons (Fsp3) is 0.0714. The summed E-state index contributed by atoms with van der Waals surface area (Å²) in [5.41, 5.74) is 0.658. The fourth-order valence-electron chi connectivity index (χ4n) is 1.76. The molecule has 2 rings (SSSR count). The lowest BCUT2D eigenvalue weighted by Crippen LogP contribution is -2.07. The summed E-state index contributed by atoms with van der Waals surface area (Å²) in [5.74, 6) is 0.0374. The van der Waals surface area contributed by atoms with Gasteiger partial charge in [-0.25, -0.2) is 0 Å². The lowest BCUT2D eigenvalue weighted by Gasteiger charge is -2.11. The van der Waals surface area contributed by atoms with E-state index in [1.165, 1.54) is 12.1 Å². The van der Waals surface area contributed by atoms with Gasteiger partial charge in [0.1, 0.15) is 11.5 Å². The Kier molecular flexibility index (Phi) is 6.28. The van der Waals surface area contributed by atoms with Crippen LogP contribution in [0.4, 0.5) is 0 Å². The number of carboxylic acid groups (broad SMARTS) is 1. The summed E-state index contributed by atoms with van der Waals surface area (Å²) >= 11 is 3.88. The standard InChI is InChI=1S/C14H10I2O7S/c15-10-5-8(6-14(17)18)1-3-12(10)22-9-2-4-13(11(16)7-9)23-24(19,20)21/h1-5,7H,6H2,(H,17,18)(H,19,20,21). The second-order valence-electron chi connectivity index (χ2n) is 4.54. The van der Waals surface area contributed by atoms with Gasteiger partial charge in [0.2, 0.25) is 0 Å². The van der Waals surface area contributed by atoms with Crippen molar-refractivity contribution in [3.63, 3.8) is 0 Å². The molecule has 0 unspecified atom stereocenters. The molecule has 0 aromatic heterocycles. The molecule has 0 radical (unpaired) electrons. The highest BCUT2D eigenvalue weighted by atomic mass is 127. The first kappa shape index (κ1) is 19.2. The highest BCUT2D eigenvalue weighted by Crippen LogP contribution is 2.32. The molecule has 0 heterocycles. The number of rotatable bonds is 6. The molecule has 2 aromatic carbocycles. The third kappa shape index (κ3) is 5.75. The Balaban J connectivity index is 2.19. The zero-order valence-corrected chi connectivity index (χ0v) is 16.9. The third-order valence-electron chi connectivity index (χ3n) is 2.68. The van der Waals surface area contributed by atoms with E-state index < -0.39 is 16.4 Å². The van der Waals surface area contributed by atoms with Crippen molar-refractivity contribution in [1.82, 2.24) is 0 Å². The van der Waals surface area contributed by atoms with E-state index in [0.29, 0.717) is 20.6 Å². The molecule has 0 fully saturated rings. The van der Waals surface area contributed by atoms with E-state index in [1.54, 1.807) is 24.3 Å². The average Bonchev–Trinajstić information content (AvgIpc) is 2.43. The first-order valence-corrected chi connectivity index (χ1v) is 9.81. The molecule has 0 saturated carbocycles. The van der Waals surface area contributed by atoms with Crippen LogP contribution in [0.25, 0.3) is 0 Å². The Morgan fingerprint density at radius 1 is 1.04 bits per heavy atom. The number of carboxylic acids is 1. The number of ether oxygens (including phenoxy) is 1. The molecule has 0 aliphatic heterocycles. The predicted octanol–water partition coefficient (Wildman–Crippen LogP) is 3.50. The van der Waals surface area contributed by atoms with E-state index in [-0.39, 0.29) is 12.2 Å². The summed E-state index contributed by atoms with van der Waals surface area (Å²) in [5, 5.41) is 8.79. The molecule has 0 aliphatic carbocycles. The van der Waals surface area contributed by atoms with Crippen molar-refractivity contribution in [3.05, 3.63) is 49.1 Å². The van der Waals surface area contributed by atoms with Gasteiger partial charge in [-0.15, -0.1) is 0 Å². The summed E-state index contributed by atoms with van der Waals surface area (Å²) in [6, 6.07) is 9.43. The second-order valence-corrected chi connectivity index (χ2v) is 7.89. The Morgan fingerprint density at radius 3 is 2.21 bits per heavy atom. The van der Waals surface area contributed by atoms with Crippen LogP contribution in [-0.4, -0.2) is 24.0 Å². The normalized spacial score (nSPS) is 11.1. The second kappa shape index (κ2) is 7.84. The largest absolute Gasteiger partial charge is 0.481 e. The van der Waals surface area contributed by atoms with Crippen LogP contribution < -0.4 is 8.92 Å². The van der Waals surface area contributed by atoms with Crippen LogP contribution in [-0.2, 0) is 21.6 Å². The molecule has 2 aromatic rings. The van der Waals surface area contributed by atoms with Crippen molar-refractivity contribution >= 4 is 61.6 Å². The van der Waals surface area contributed by atoms with Crippen molar-refractivity contribution < 1.29 is 31.8 Å². The number of benzene rings is 2. The first-order chi connectivity index (χ1) is 11.1. The van der Waals surface area contributed by atoms with E-state index in [9.17, 15) is 13.2 Å². The zero-order valence-electron chi connectivity index (χ0n) is 11.8. The van der Waals surface area contributed by atoms with Crippen LogP contribution in [0.1, 0.15) is 5.56 Å². The molecular weight excluding hydrogens is 566 g/mol. The molecule has 24 heavy (non-hydrogen) atoms. The number of carbonyl (C=O) groups is 1. The van der Waals surface area contributed by atoms with Gasteiger partial charge in [0.15, 0.2) is 5.75 Å². The molecule has 128 valence electrons. The van der Waals surface area contributed by atoms with Gasteiger partial charge in [-0.05, 0) is 81.1 Å². The van der Waals surface area contributed by atoms with Crippen LogP contribution in [0, 0.1) is 7.14 Å². The summed E-state index contributed by atoms with van der Waals surface area (Å²) < 4.78 is 41.5. The van der Waals surface area contributed by atoms with Crippen LogP contribution in [0.3, 0.4) is 0 Å². The van der Waals surface area contributed by atoms with Crippen LogP contribution in [0.5, 0.6) is 17.2 Å². The monoisotopic (exact) mass is 576 g/mol. The smallest absolute Gasteiger partial charge is 0.446 e. The zero-order chi connectivity index (χ0) is 17.9. The van der Waals surface area contributed by atoms with Crippen LogP contribution in [0.15, 0.2) is 36.4 Å². The molecule has 0 amide bonds. The molecule has 0 saturated heterocycles. The Morgan fingerprint density at radius 2 is 1.67 bits per heavy atom. The highest BCUT2D eigenvalue weighted by molar-refractivity contribution is 14.1. The van der Waals surface area contributed by atoms with Crippen LogP contribution >= 0.6 is 45.2 Å². The van der Waals surface area contributed by atoms with Crippen molar-refractivity contribution in [3.8, 4) is 17.2 Å². The first-order valence-electron chi connectivity index (χ1n) is 6.28. The Bertz CT molecular complexity index is 881. The average molecular weight is 576 g/mol. The minimum Gasteiger partial charge on any atom is -0.481 e. The Labute approximate surface area is 165 Å². The van der Waals surface area contributed by atoms with Gasteiger partial charge in [0.25, 0.3) is 0 Å². The fourth-order valence-corrected chi connectivity index (χ4v) is 3.57. The SMILES string of the molecule is O=C(O)Cc1ccc(Oc2ccc(OS(=O)(=O)O)c(I)c2)c(I)c1. The maximum atomic E-state index is 10.7. The minimum atomic E-state index is -4.59. The van der Waals surface area contributed by atoms with Crippen LogP contribution in [0.2, 0.25) is 0 Å². The quantitative estimate of drug-likeness (QED) is 0.401. The molecule has 0 bridgehead atoms. The van der Waals surface area contributed by atoms with Crippen molar-refractivity contribution in [2.45, 2.75) is 6.42 Å². The number of hydrogen-bond acceptors (Lipinski definition) is 5. The predicted molar refractivity (Wildman–Crippen MR) is 102 cm³/mol. The molecule has 0 atom stereocenters. The lowest BCUT2D eigenvalue weighted by molar-refractivity contribution is -0.136. The van der Waals surface area contributed by atoms with Crippen molar-refractivity contribution in [2.24, 2.45) is 0 Å². The summed E-state index contributed by atoms with van der Waals surface area (Å²) in [6.07, 6.45) is -0.0736. The number of aliphatic carboxylic acids is 1. The lowest BCUT2D eigenvalue weighted by atomic mass is 10.1. The van der Waals surface area contributed by atoms with Gasteiger partial charge in [-0.1, -0.05) is 6.07 Å². The topological polar surface area (TPSA) is 110 Å². The molecule has 2 N–H and O–H groups in total. The molecule has 7 nitrogen and oxygen atoms in total. The van der Waals surface area contributed by atoms with E-state index >= 15 is 0 Å². The summed E-state index contributed by atoms with van der Waals surface area (Å²) in [7, 11) is -4.59. The highest BCUT2D eigenvalue weighted by Gasteiger charge is 2.12. The molecule has 10 heteroatoms. The number of hydrogen-bond donors (Lipinski definition) is 2. The molecular formula is C14H10I2O7S. The van der Waals surface area contributed by atoms with E-state index in [2.05, 4.69) is 4.18 Å². The van der Waals surface area contributed by atoms with Gasteiger partial charge in [-0.3, -0.25) is 9.35 Å². The summed E-state index contributed by atoms with van der Waals surface area (Å²) in [4.78, 5) is 10.7. The van der Waals surface area contributed by atoms with Gasteiger partial charge in [0, 0.05) is 0 Å². The van der Waals surface area contributed by atoms with Crippen molar-refractivity contribution in [2.75, 3.05) is 0 Å². The maximum Gasteiger partial charge on any atom is 0.446 e. The van der Waals surface area contributed by atoms with E-state index in [0.717, 1.165) is 3.57 Å². The molecule has 0 spiro atoms. The van der Waals surface area contributed by atoms with E-state index in [4.69, 9.17) is 14.4 Å². The minimum absolute atomic E-state index is 0.0167. The molecule has 0 aliphatic rings. The van der Waals surface area contributed by atoms with Crippen molar-refractivity contribution in [1.29, 1.82) is 0 Å². The van der Waals surface area contributed by atoms with Gasteiger partial charge in [-0.2, -0.15) is 8.42 Å². The Hall–Kier alpha value is -1.12. The van der Waals surface area contributed by atoms with Gasteiger partial charge in [0.05, 0.1) is 13.6 Å². The third-order valence-corrected chi connectivity index (χ3v) is 4.75. The maximum absolute atomic E-state index is 10.7. The summed E-state index contributed by atoms with van der Waals surface area (Å²) in [6.45, 7) is 0.